The van der Waals surface area contributed by atoms with Gasteiger partial charge in [-0.1, -0.05) is 219 Å². The average Bonchev–Trinajstić information content (AvgIpc) is 1.63. The third kappa shape index (κ3) is 31.2. The molecule has 26 heteroatoms. The number of amides is 4. The number of hydrogen-bond donors (Lipinski definition) is 9. The SMILES string of the molecule is C.C.C.C.C.CCO.CCOC(=O)C1(NC(=O)c2cccc(C)c2/C=C/COC)Cc2ccccc2C1.CCOC(=O)C1(NC(=O)c2cccc(C)c2I)Cc2ccccc2C1.COC/C=C/B(O)O.COC/C=C/c1c(C)cccc1C(=O)NC1(C(=O)O)Cc2ccccc2C1.COCCCc1c(C)cccc1C(=O)NC1(C(=O)O)Cc2ccccc2C1.[CH3-].[Pd]. The third-order valence-corrected chi connectivity index (χ3v) is 22.1. The normalized spacial score (nSPS) is 13.4. The van der Waals surface area contributed by atoms with Gasteiger partial charge in [-0.15, -0.1) is 0 Å². The van der Waals surface area contributed by atoms with E-state index in [2.05, 4.69) is 48.6 Å². The maximum absolute atomic E-state index is 13.3. The number of esters is 2. The smallest absolute Gasteiger partial charge is 0.479 e. The van der Waals surface area contributed by atoms with Crippen LogP contribution in [-0.2, 0) is 126 Å². The Balaban J connectivity index is 0.00000156. The molecule has 0 fully saturated rings. The van der Waals surface area contributed by atoms with Gasteiger partial charge in [0.25, 0.3) is 23.6 Å². The van der Waals surface area contributed by atoms with Crippen molar-refractivity contribution in [1.29, 1.82) is 0 Å². The number of rotatable bonds is 27. The molecule has 8 aromatic rings. The zero-order valence-electron chi connectivity index (χ0n) is 70.9. The summed E-state index contributed by atoms with van der Waals surface area (Å²) in [4.78, 5) is 102. The Bertz CT molecular complexity index is 4830. The molecule has 0 saturated heterocycles. The van der Waals surface area contributed by atoms with Gasteiger partial charge in [-0.25, -0.2) is 19.2 Å². The summed E-state index contributed by atoms with van der Waals surface area (Å²) in [6, 6.07) is 53.2. The molecule has 0 spiro atoms. The molecule has 0 aliphatic heterocycles. The van der Waals surface area contributed by atoms with E-state index in [1.54, 1.807) is 72.4 Å². The molecule has 0 bridgehead atoms. The molecule has 9 N–H and O–H groups in total. The molecule has 4 aliphatic rings. The Labute approximate surface area is 775 Å². The quantitative estimate of drug-likeness (QED) is 0.00759. The predicted molar refractivity (Wildman–Crippen MR) is 508 cm³/mol. The van der Waals surface area contributed by atoms with Gasteiger partial charge in [-0.05, 0) is 192 Å². The number of halogens is 1. The summed E-state index contributed by atoms with van der Waals surface area (Å²) in [5.74, 6) is -2.79. The van der Waals surface area contributed by atoms with Crippen molar-refractivity contribution in [3.8, 4) is 0 Å². The van der Waals surface area contributed by atoms with Gasteiger partial charge < -0.3 is 82.5 Å². The number of benzene rings is 8. The van der Waals surface area contributed by atoms with E-state index in [9.17, 15) is 48.6 Å². The number of aliphatic hydroxyl groups excluding tert-OH is 1. The molecular weight excluding hydrogens is 1810 g/mol. The number of aryl methyl sites for hydroxylation is 4. The molecule has 0 unspecified atom stereocenters. The average molecular weight is 1940 g/mol. The Kier molecular flexibility index (Phi) is 52.3. The second-order valence-electron chi connectivity index (χ2n) is 29.2. The van der Waals surface area contributed by atoms with Gasteiger partial charge >= 0.3 is 31.0 Å². The molecule has 688 valence electrons. The summed E-state index contributed by atoms with van der Waals surface area (Å²) in [5.41, 5.74) is 12.0. The van der Waals surface area contributed by atoms with Crippen LogP contribution < -0.4 is 21.3 Å². The molecule has 0 aromatic heterocycles. The number of carboxylic acid groups (broad SMARTS) is 2. The maximum Gasteiger partial charge on any atom is 0.480 e. The van der Waals surface area contributed by atoms with Crippen molar-refractivity contribution < 1.29 is 113 Å². The van der Waals surface area contributed by atoms with Gasteiger partial charge in [0.15, 0.2) is 0 Å². The Morgan fingerprint density at radius 2 is 0.683 bits per heavy atom. The molecule has 8 aromatic carbocycles. The predicted octanol–water partition coefficient (Wildman–Crippen LogP) is 15.7. The van der Waals surface area contributed by atoms with E-state index in [1.165, 1.54) is 19.2 Å². The van der Waals surface area contributed by atoms with E-state index in [0.29, 0.717) is 93.6 Å². The van der Waals surface area contributed by atoms with Crippen molar-refractivity contribution >= 4 is 89.4 Å². The van der Waals surface area contributed by atoms with Gasteiger partial charge in [-0.3, -0.25) is 19.2 Å². The number of carboxylic acids is 2. The minimum atomic E-state index is -1.36. The number of fused-ring (bicyclic) bond motifs is 4. The number of nitrogens with one attached hydrogen (secondary N) is 4. The van der Waals surface area contributed by atoms with Crippen LogP contribution in [0.15, 0.2) is 194 Å². The standard InChI is InChI=1S/C24H27NO4.C22H25NO4.C22H23NO4.C20H20INO3.C4H9BO3.C2H6O.5CH4.CH3.Pd/c1-4-29-23(27)24(15-18-10-5-6-11-19(18)16-24)25-22(26)21-12-7-9-17(2)20(21)13-8-14-28-3;2*1-15-7-5-10-19(18(15)11-6-12-27-2)20(24)23-22(21(25)26)13-16-8-3-4-9-17(16)14-22;1-3-25-19(24)20(11-14-8-4-5-9-15(14)12-20)22-18(23)16-10-6-7-13(2)17(16)21;1-8-4-2-3-5(6)7;1-2-3;;;;;;;/h5-13H,4,14-16H2,1-3H3,(H,25,26);3-5,7-10H,6,11-14H2,1-2H3,(H,23,24)(H,25,26);3-11H,12-14H2,1-2H3,(H,23,24)(H,25,26);4-10H,3,11-12H2,1-2H3,(H,22,23);2-3,6-7H,4H2,1H3;3H,2H2,1H3;5*1H4;1H3;/q;;;;;;;;;;;-1;/b13-8+;;11-6+;;3-2+;;;;;;;;. The Hall–Kier alpha value is -10.1. The number of aliphatic hydroxyl groups is 1. The van der Waals surface area contributed by atoms with E-state index in [1.807, 2.05) is 192 Å². The summed E-state index contributed by atoms with van der Waals surface area (Å²) in [6.45, 7) is 15.8. The summed E-state index contributed by atoms with van der Waals surface area (Å²) in [6.07, 6.45) is 13.4. The number of ether oxygens (including phenoxy) is 6. The van der Waals surface area contributed by atoms with Crippen molar-refractivity contribution in [1.82, 2.24) is 21.3 Å². The Morgan fingerprint density at radius 1 is 0.405 bits per heavy atom. The van der Waals surface area contributed by atoms with Crippen LogP contribution in [0.1, 0.15) is 189 Å². The number of methoxy groups -OCH3 is 4. The van der Waals surface area contributed by atoms with Crippen LogP contribution in [0.4, 0.5) is 0 Å². The molecular formula is C100H133BIN4O19Pd-. The van der Waals surface area contributed by atoms with E-state index in [-0.39, 0.29) is 127 Å². The first-order valence-electron chi connectivity index (χ1n) is 39.4. The van der Waals surface area contributed by atoms with Gasteiger partial charge in [0.1, 0.15) is 22.2 Å². The first-order valence-corrected chi connectivity index (χ1v) is 40.5. The minimum Gasteiger partial charge on any atom is -0.479 e. The maximum atomic E-state index is 13.3. The second-order valence-corrected chi connectivity index (χ2v) is 30.3. The summed E-state index contributed by atoms with van der Waals surface area (Å²) in [7, 11) is 5.06. The molecule has 12 rings (SSSR count). The molecule has 23 nitrogen and oxygen atoms in total. The van der Waals surface area contributed by atoms with E-state index in [4.69, 9.17) is 38.8 Å². The molecule has 0 radical (unpaired) electrons. The Morgan fingerprint density at radius 3 is 0.992 bits per heavy atom. The second kappa shape index (κ2) is 56.9. The largest absolute Gasteiger partial charge is 0.480 e. The summed E-state index contributed by atoms with van der Waals surface area (Å²) >= 11 is 2.17. The molecule has 0 heterocycles. The van der Waals surface area contributed by atoms with Crippen LogP contribution in [0.2, 0.25) is 0 Å². The van der Waals surface area contributed by atoms with Crippen molar-refractivity contribution in [3.05, 3.63) is 311 Å². The van der Waals surface area contributed by atoms with E-state index in [0.717, 1.165) is 93.4 Å². The number of carbonyl (C=O) groups is 8. The number of carbonyl (C=O) groups excluding carboxylic acids is 6. The zero-order valence-corrected chi connectivity index (χ0v) is 74.6. The fraction of sp³-hybridized carbons (Fsp3) is 0.370. The first kappa shape index (κ1) is 116. The summed E-state index contributed by atoms with van der Waals surface area (Å²) in [5, 5.41) is 55.4. The van der Waals surface area contributed by atoms with Crippen molar-refractivity contribution in [2.75, 3.05) is 74.7 Å². The van der Waals surface area contributed by atoms with E-state index < -0.39 is 47.2 Å². The first-order chi connectivity index (χ1) is 57.1. The van der Waals surface area contributed by atoms with Crippen molar-refractivity contribution in [3.63, 3.8) is 0 Å². The zero-order chi connectivity index (χ0) is 86.9. The minimum absolute atomic E-state index is 0. The van der Waals surface area contributed by atoms with Crippen molar-refractivity contribution in [2.45, 2.75) is 172 Å². The van der Waals surface area contributed by atoms with Crippen LogP contribution >= 0.6 is 22.6 Å². The van der Waals surface area contributed by atoms with Gasteiger partial charge in [0, 0.05) is 134 Å². The monoisotopic (exact) mass is 1940 g/mol. The van der Waals surface area contributed by atoms with Crippen LogP contribution in [0.5, 0.6) is 0 Å². The van der Waals surface area contributed by atoms with Crippen molar-refractivity contribution in [2.24, 2.45) is 0 Å². The topological polar surface area (TPSA) is 341 Å². The van der Waals surface area contributed by atoms with Crippen LogP contribution in [-0.4, -0.2) is 177 Å². The number of aliphatic carboxylic acids is 2. The molecule has 0 saturated carbocycles. The summed E-state index contributed by atoms with van der Waals surface area (Å²) < 4.78 is 31.3. The molecule has 126 heavy (non-hydrogen) atoms. The molecule has 0 atom stereocenters. The van der Waals surface area contributed by atoms with Crippen LogP contribution in [0.3, 0.4) is 0 Å². The van der Waals surface area contributed by atoms with Crippen LogP contribution in [0.25, 0.3) is 12.2 Å². The fourth-order valence-electron chi connectivity index (χ4n) is 14.8. The third-order valence-electron chi connectivity index (χ3n) is 20.6. The number of hydrogen-bond acceptors (Lipinski definition) is 17. The van der Waals surface area contributed by atoms with Gasteiger partial charge in [0.2, 0.25) is 0 Å². The fourth-order valence-corrected chi connectivity index (χ4v) is 15.4. The van der Waals surface area contributed by atoms with Crippen LogP contribution in [0, 0.1) is 38.7 Å². The van der Waals surface area contributed by atoms with E-state index >= 15 is 0 Å². The van der Waals surface area contributed by atoms with Gasteiger partial charge in [0.05, 0.1) is 38.6 Å². The van der Waals surface area contributed by atoms with Gasteiger partial charge in [-0.2, -0.15) is 0 Å². The molecule has 4 amide bonds. The molecule has 4 aliphatic carbocycles.